The van der Waals surface area contributed by atoms with Crippen molar-refractivity contribution < 1.29 is 9.21 Å². The van der Waals surface area contributed by atoms with Crippen LogP contribution in [0.4, 0.5) is 10.5 Å². The average Bonchev–Trinajstić information content (AvgIpc) is 3.30. The van der Waals surface area contributed by atoms with Crippen LogP contribution in [0.15, 0.2) is 47.3 Å². The third kappa shape index (κ3) is 2.99. The Morgan fingerprint density at radius 1 is 1.36 bits per heavy atom. The molecule has 0 radical (unpaired) electrons. The molecule has 0 unspecified atom stereocenters. The van der Waals surface area contributed by atoms with Gasteiger partial charge in [0, 0.05) is 42.6 Å². The van der Waals surface area contributed by atoms with Gasteiger partial charge in [-0.05, 0) is 44.4 Å². The summed E-state index contributed by atoms with van der Waals surface area (Å²) in [7, 11) is 0. The third-order valence-electron chi connectivity index (χ3n) is 4.86. The Balaban J connectivity index is 1.56. The number of benzene rings is 1. The number of carbonyl (C=O) groups is 1. The first-order valence-corrected chi connectivity index (χ1v) is 8.82. The summed E-state index contributed by atoms with van der Waals surface area (Å²) >= 11 is 0. The normalized spacial score (nSPS) is 17.8. The lowest BCUT2D eigenvalue weighted by atomic mass is 10.0. The molecule has 6 nitrogen and oxygen atoms in total. The number of fused-ring (bicyclic) bond motifs is 1. The molecular formula is C19H22N4O2. The van der Waals surface area contributed by atoms with Crippen LogP contribution in [0.25, 0.3) is 11.0 Å². The molecule has 1 saturated heterocycles. The van der Waals surface area contributed by atoms with E-state index in [1.165, 1.54) is 0 Å². The van der Waals surface area contributed by atoms with Gasteiger partial charge in [0.1, 0.15) is 11.4 Å². The molecule has 1 fully saturated rings. The van der Waals surface area contributed by atoms with E-state index in [2.05, 4.69) is 21.8 Å². The van der Waals surface area contributed by atoms with Crippen LogP contribution < -0.4 is 5.32 Å². The highest BCUT2D eigenvalue weighted by Gasteiger charge is 2.30. The molecule has 3 heterocycles. The highest BCUT2D eigenvalue weighted by Crippen LogP contribution is 2.31. The maximum absolute atomic E-state index is 12.9. The molecule has 130 valence electrons. The zero-order chi connectivity index (χ0) is 17.2. The second-order valence-corrected chi connectivity index (χ2v) is 6.38. The summed E-state index contributed by atoms with van der Waals surface area (Å²) in [5.74, 6) is 0.971. The van der Waals surface area contributed by atoms with E-state index in [1.807, 2.05) is 41.6 Å². The van der Waals surface area contributed by atoms with Gasteiger partial charge >= 0.3 is 6.03 Å². The Bertz CT molecular complexity index is 882. The summed E-state index contributed by atoms with van der Waals surface area (Å²) in [5, 5.41) is 4.04. The fourth-order valence-corrected chi connectivity index (χ4v) is 3.56. The van der Waals surface area contributed by atoms with Crippen LogP contribution in [0.1, 0.15) is 38.1 Å². The SMILES string of the molecule is CCn1ccnc1[C@@H]1CCCCN1C(=O)Nc1ccc2ccoc2c1. The minimum Gasteiger partial charge on any atom is -0.464 e. The van der Waals surface area contributed by atoms with Gasteiger partial charge in [-0.1, -0.05) is 0 Å². The van der Waals surface area contributed by atoms with Gasteiger partial charge in [0.05, 0.1) is 12.3 Å². The average molecular weight is 338 g/mol. The molecule has 4 rings (SSSR count). The molecule has 0 bridgehead atoms. The van der Waals surface area contributed by atoms with E-state index in [-0.39, 0.29) is 12.1 Å². The lowest BCUT2D eigenvalue weighted by molar-refractivity contribution is 0.157. The number of hydrogen-bond acceptors (Lipinski definition) is 3. The Labute approximate surface area is 146 Å². The van der Waals surface area contributed by atoms with Gasteiger partial charge in [0.25, 0.3) is 0 Å². The number of carbonyl (C=O) groups excluding carboxylic acids is 1. The lowest BCUT2D eigenvalue weighted by Crippen LogP contribution is -2.42. The second-order valence-electron chi connectivity index (χ2n) is 6.38. The third-order valence-corrected chi connectivity index (χ3v) is 4.86. The quantitative estimate of drug-likeness (QED) is 0.769. The zero-order valence-corrected chi connectivity index (χ0v) is 14.3. The molecule has 0 saturated carbocycles. The van der Waals surface area contributed by atoms with Gasteiger partial charge in [-0.25, -0.2) is 9.78 Å². The number of furan rings is 1. The highest BCUT2D eigenvalue weighted by molar-refractivity contribution is 5.92. The van der Waals surface area contributed by atoms with Crippen molar-refractivity contribution in [3.05, 3.63) is 48.7 Å². The Morgan fingerprint density at radius 2 is 2.28 bits per heavy atom. The first-order chi connectivity index (χ1) is 12.3. The maximum Gasteiger partial charge on any atom is 0.322 e. The molecule has 1 aromatic carbocycles. The molecular weight excluding hydrogens is 316 g/mol. The van der Waals surface area contributed by atoms with E-state index < -0.39 is 0 Å². The van der Waals surface area contributed by atoms with Crippen molar-refractivity contribution in [1.29, 1.82) is 0 Å². The van der Waals surface area contributed by atoms with Gasteiger partial charge in [-0.2, -0.15) is 0 Å². The molecule has 1 aliphatic rings. The van der Waals surface area contributed by atoms with E-state index in [0.717, 1.165) is 54.8 Å². The van der Waals surface area contributed by atoms with Gasteiger partial charge in [-0.15, -0.1) is 0 Å². The van der Waals surface area contributed by atoms with Crippen LogP contribution in [-0.2, 0) is 6.54 Å². The summed E-state index contributed by atoms with van der Waals surface area (Å²) in [4.78, 5) is 19.3. The fraction of sp³-hybridized carbons (Fsp3) is 0.368. The van der Waals surface area contributed by atoms with E-state index in [9.17, 15) is 4.79 Å². The number of piperidine rings is 1. The van der Waals surface area contributed by atoms with Crippen LogP contribution in [0.2, 0.25) is 0 Å². The molecule has 6 heteroatoms. The van der Waals surface area contributed by atoms with E-state index in [1.54, 1.807) is 6.26 Å². The first-order valence-electron chi connectivity index (χ1n) is 8.82. The van der Waals surface area contributed by atoms with Gasteiger partial charge in [0.2, 0.25) is 0 Å². The molecule has 0 aliphatic carbocycles. The number of amides is 2. The molecule has 2 aromatic heterocycles. The molecule has 25 heavy (non-hydrogen) atoms. The number of likely N-dealkylation sites (tertiary alicyclic amines) is 1. The lowest BCUT2D eigenvalue weighted by Gasteiger charge is -2.35. The van der Waals surface area contributed by atoms with Crippen LogP contribution >= 0.6 is 0 Å². The minimum atomic E-state index is -0.0822. The topological polar surface area (TPSA) is 63.3 Å². The maximum atomic E-state index is 12.9. The standard InChI is InChI=1S/C19H22N4O2/c1-2-22-11-9-20-18(22)16-5-3-4-10-23(16)19(24)21-15-7-6-14-8-12-25-17(14)13-15/h6-9,11-13,16H,2-5,10H2,1H3,(H,21,24)/t16-/m0/s1. The zero-order valence-electron chi connectivity index (χ0n) is 14.3. The molecule has 1 atom stereocenters. The second kappa shape index (κ2) is 6.63. The van der Waals surface area contributed by atoms with Gasteiger partial charge < -0.3 is 19.2 Å². The van der Waals surface area contributed by atoms with Crippen molar-refractivity contribution in [2.24, 2.45) is 0 Å². The molecule has 0 spiro atoms. The fourth-order valence-electron chi connectivity index (χ4n) is 3.56. The molecule has 3 aromatic rings. The van der Waals surface area contributed by atoms with E-state index in [4.69, 9.17) is 4.42 Å². The molecule has 2 amide bonds. The summed E-state index contributed by atoms with van der Waals surface area (Å²) in [6.45, 7) is 3.70. The van der Waals surface area contributed by atoms with Crippen LogP contribution in [0.5, 0.6) is 0 Å². The van der Waals surface area contributed by atoms with E-state index >= 15 is 0 Å². The van der Waals surface area contributed by atoms with Crippen LogP contribution in [0.3, 0.4) is 0 Å². The monoisotopic (exact) mass is 338 g/mol. The number of aromatic nitrogens is 2. The van der Waals surface area contributed by atoms with Crippen molar-refractivity contribution in [2.45, 2.75) is 38.8 Å². The number of aryl methyl sites for hydroxylation is 1. The number of urea groups is 1. The number of rotatable bonds is 3. The number of imidazole rings is 1. The van der Waals surface area contributed by atoms with Gasteiger partial charge in [-0.3, -0.25) is 0 Å². The Hall–Kier alpha value is -2.76. The number of anilines is 1. The summed E-state index contributed by atoms with van der Waals surface area (Å²) < 4.78 is 7.53. The Kier molecular flexibility index (Phi) is 4.17. The van der Waals surface area contributed by atoms with Crippen molar-refractivity contribution in [3.63, 3.8) is 0 Å². The van der Waals surface area contributed by atoms with Crippen molar-refractivity contribution in [2.75, 3.05) is 11.9 Å². The number of nitrogens with one attached hydrogen (secondary N) is 1. The van der Waals surface area contributed by atoms with Crippen molar-refractivity contribution in [1.82, 2.24) is 14.5 Å². The molecule has 1 N–H and O–H groups in total. The van der Waals surface area contributed by atoms with Crippen molar-refractivity contribution in [3.8, 4) is 0 Å². The Morgan fingerprint density at radius 3 is 3.16 bits per heavy atom. The van der Waals surface area contributed by atoms with Gasteiger partial charge in [0.15, 0.2) is 0 Å². The largest absolute Gasteiger partial charge is 0.464 e. The first kappa shape index (κ1) is 15.7. The predicted octanol–water partition coefficient (Wildman–Crippen LogP) is 4.41. The molecule has 1 aliphatic heterocycles. The van der Waals surface area contributed by atoms with Crippen molar-refractivity contribution >= 4 is 22.7 Å². The van der Waals surface area contributed by atoms with E-state index in [0.29, 0.717) is 0 Å². The number of hydrogen-bond donors (Lipinski definition) is 1. The summed E-state index contributed by atoms with van der Waals surface area (Å²) in [6.07, 6.45) is 8.53. The number of nitrogens with zero attached hydrogens (tertiary/aromatic N) is 3. The smallest absolute Gasteiger partial charge is 0.322 e. The van der Waals surface area contributed by atoms with Crippen LogP contribution in [-0.4, -0.2) is 27.0 Å². The summed E-state index contributed by atoms with van der Waals surface area (Å²) in [6, 6.07) is 7.57. The minimum absolute atomic E-state index is 0.0241. The predicted molar refractivity (Wildman–Crippen MR) is 96.4 cm³/mol. The van der Waals surface area contributed by atoms with Crippen LogP contribution in [0, 0.1) is 0 Å². The highest BCUT2D eigenvalue weighted by atomic mass is 16.3. The summed E-state index contributed by atoms with van der Waals surface area (Å²) in [5.41, 5.74) is 1.52.